The summed E-state index contributed by atoms with van der Waals surface area (Å²) in [7, 11) is 3.26. The Kier molecular flexibility index (Phi) is 5.45. The first-order chi connectivity index (χ1) is 10.1. The zero-order valence-corrected chi connectivity index (χ0v) is 13.2. The van der Waals surface area contributed by atoms with Crippen LogP contribution in [0.3, 0.4) is 0 Å². The first-order valence-corrected chi connectivity index (χ1v) is 7.41. The Hall–Kier alpha value is -1.30. The van der Waals surface area contributed by atoms with Gasteiger partial charge in [0.2, 0.25) is 0 Å². The van der Waals surface area contributed by atoms with E-state index >= 15 is 0 Å². The molecule has 3 atom stereocenters. The summed E-state index contributed by atoms with van der Waals surface area (Å²) in [5.41, 5.74) is 1.30. The van der Waals surface area contributed by atoms with Crippen LogP contribution in [0, 0.1) is 0 Å². The average molecular weight is 313 g/mol. The highest BCUT2D eigenvalue weighted by Gasteiger charge is 2.42. The largest absolute Gasteiger partial charge is 0.379 e. The summed E-state index contributed by atoms with van der Waals surface area (Å²) in [6, 6.07) is 5.50. The van der Waals surface area contributed by atoms with Gasteiger partial charge in [0.05, 0.1) is 22.7 Å². The fourth-order valence-electron chi connectivity index (χ4n) is 2.55. The molecule has 0 radical (unpaired) electrons. The minimum atomic E-state index is -0.201. The molecular weight excluding hydrogens is 292 g/mol. The van der Waals surface area contributed by atoms with E-state index in [-0.39, 0.29) is 24.2 Å². The molecule has 3 unspecified atom stereocenters. The molecule has 2 N–H and O–H groups in total. The van der Waals surface area contributed by atoms with Crippen LogP contribution < -0.4 is 10.6 Å². The number of anilines is 1. The number of carbonyl (C=O) groups is 1. The minimum absolute atomic E-state index is 0.0177. The van der Waals surface area contributed by atoms with Crippen molar-refractivity contribution >= 4 is 23.2 Å². The van der Waals surface area contributed by atoms with E-state index in [0.29, 0.717) is 17.2 Å². The van der Waals surface area contributed by atoms with Gasteiger partial charge in [0, 0.05) is 26.5 Å². The van der Waals surface area contributed by atoms with E-state index in [4.69, 9.17) is 21.1 Å². The van der Waals surface area contributed by atoms with Gasteiger partial charge in [-0.1, -0.05) is 11.6 Å². The molecule has 21 heavy (non-hydrogen) atoms. The molecule has 0 heterocycles. The van der Waals surface area contributed by atoms with Crippen molar-refractivity contribution < 1.29 is 14.3 Å². The second kappa shape index (κ2) is 7.11. The summed E-state index contributed by atoms with van der Waals surface area (Å²) >= 11 is 6.04. The minimum Gasteiger partial charge on any atom is -0.379 e. The molecule has 1 aliphatic carbocycles. The molecule has 1 aromatic rings. The van der Waals surface area contributed by atoms with Crippen LogP contribution in [-0.4, -0.2) is 44.9 Å². The molecule has 2 rings (SSSR count). The molecule has 5 nitrogen and oxygen atoms in total. The third-order valence-corrected chi connectivity index (χ3v) is 4.02. The van der Waals surface area contributed by atoms with Crippen molar-refractivity contribution in [2.24, 2.45) is 0 Å². The smallest absolute Gasteiger partial charge is 0.252 e. The molecule has 0 aromatic heterocycles. The van der Waals surface area contributed by atoms with Crippen molar-refractivity contribution in [2.45, 2.75) is 31.6 Å². The molecule has 1 aliphatic rings. The Bertz CT molecular complexity index is 510. The fourth-order valence-corrected chi connectivity index (χ4v) is 2.76. The Morgan fingerprint density at radius 1 is 1.48 bits per heavy atom. The zero-order chi connectivity index (χ0) is 15.4. The molecule has 0 bridgehead atoms. The van der Waals surface area contributed by atoms with E-state index < -0.39 is 0 Å². The maximum absolute atomic E-state index is 11.7. The third kappa shape index (κ3) is 3.48. The van der Waals surface area contributed by atoms with Gasteiger partial charge >= 0.3 is 0 Å². The Labute approximate surface area is 130 Å². The SMILES string of the molecule is CCOC1CC(Nc2ccc(Cl)c(C(=O)NC)c2)C1OC. The van der Waals surface area contributed by atoms with Crippen LogP contribution in [0.4, 0.5) is 5.69 Å². The summed E-state index contributed by atoms with van der Waals surface area (Å²) < 4.78 is 11.1. The van der Waals surface area contributed by atoms with Gasteiger partial charge in [-0.05, 0) is 31.5 Å². The van der Waals surface area contributed by atoms with E-state index in [9.17, 15) is 4.79 Å². The Morgan fingerprint density at radius 2 is 2.24 bits per heavy atom. The van der Waals surface area contributed by atoms with Gasteiger partial charge in [0.25, 0.3) is 5.91 Å². The van der Waals surface area contributed by atoms with Gasteiger partial charge in [0.15, 0.2) is 0 Å². The molecule has 1 amide bonds. The highest BCUT2D eigenvalue weighted by molar-refractivity contribution is 6.34. The van der Waals surface area contributed by atoms with Crippen LogP contribution in [0.15, 0.2) is 18.2 Å². The molecule has 0 saturated heterocycles. The van der Waals surface area contributed by atoms with Gasteiger partial charge in [-0.2, -0.15) is 0 Å². The summed E-state index contributed by atoms with van der Waals surface area (Å²) in [5.74, 6) is -0.201. The Balaban J connectivity index is 2.05. The molecule has 1 aromatic carbocycles. The number of rotatable bonds is 6. The molecule has 6 heteroatoms. The van der Waals surface area contributed by atoms with Crippen LogP contribution in [0.2, 0.25) is 5.02 Å². The summed E-state index contributed by atoms with van der Waals surface area (Å²) in [4.78, 5) is 11.7. The molecule has 1 fully saturated rings. The molecular formula is C15H21ClN2O3. The van der Waals surface area contributed by atoms with Gasteiger partial charge < -0.3 is 20.1 Å². The molecule has 116 valence electrons. The fraction of sp³-hybridized carbons (Fsp3) is 0.533. The topological polar surface area (TPSA) is 59.6 Å². The first kappa shape index (κ1) is 16.1. The van der Waals surface area contributed by atoms with E-state index in [2.05, 4.69) is 10.6 Å². The van der Waals surface area contributed by atoms with Crippen LogP contribution in [-0.2, 0) is 9.47 Å². The normalized spacial score (nSPS) is 24.3. The van der Waals surface area contributed by atoms with Gasteiger partial charge in [-0.3, -0.25) is 4.79 Å². The van der Waals surface area contributed by atoms with Crippen molar-refractivity contribution in [1.29, 1.82) is 0 Å². The van der Waals surface area contributed by atoms with E-state index in [1.807, 2.05) is 13.0 Å². The summed E-state index contributed by atoms with van der Waals surface area (Å²) in [6.45, 7) is 2.65. The van der Waals surface area contributed by atoms with E-state index in [0.717, 1.165) is 12.1 Å². The molecule has 1 saturated carbocycles. The monoisotopic (exact) mass is 312 g/mol. The lowest BCUT2D eigenvalue weighted by atomic mass is 9.85. The van der Waals surface area contributed by atoms with Crippen molar-refractivity contribution in [3.8, 4) is 0 Å². The number of benzene rings is 1. The lowest BCUT2D eigenvalue weighted by Gasteiger charge is -2.43. The summed E-state index contributed by atoms with van der Waals surface area (Å²) in [5, 5.41) is 6.38. The average Bonchev–Trinajstić information content (AvgIpc) is 2.47. The lowest BCUT2D eigenvalue weighted by Crippen LogP contribution is -2.56. The number of amides is 1. The van der Waals surface area contributed by atoms with Crippen LogP contribution >= 0.6 is 11.6 Å². The molecule has 0 spiro atoms. The second-order valence-corrected chi connectivity index (χ2v) is 5.36. The molecule has 0 aliphatic heterocycles. The number of carbonyl (C=O) groups excluding carboxylic acids is 1. The quantitative estimate of drug-likeness (QED) is 0.846. The van der Waals surface area contributed by atoms with Crippen LogP contribution in [0.1, 0.15) is 23.7 Å². The second-order valence-electron chi connectivity index (χ2n) is 4.95. The zero-order valence-electron chi connectivity index (χ0n) is 12.5. The highest BCUT2D eigenvalue weighted by atomic mass is 35.5. The predicted octanol–water partition coefficient (Wildman–Crippen LogP) is 2.30. The number of methoxy groups -OCH3 is 1. The summed E-state index contributed by atoms with van der Waals surface area (Å²) in [6.07, 6.45) is 1.02. The number of halogens is 1. The van der Waals surface area contributed by atoms with Crippen LogP contribution in [0.25, 0.3) is 0 Å². The van der Waals surface area contributed by atoms with Crippen molar-refractivity contribution in [1.82, 2.24) is 5.32 Å². The van der Waals surface area contributed by atoms with E-state index in [1.165, 1.54) is 0 Å². The third-order valence-electron chi connectivity index (χ3n) is 3.69. The van der Waals surface area contributed by atoms with Gasteiger partial charge in [-0.25, -0.2) is 0 Å². The number of hydrogen-bond acceptors (Lipinski definition) is 4. The van der Waals surface area contributed by atoms with E-state index in [1.54, 1.807) is 26.3 Å². The highest BCUT2D eigenvalue weighted by Crippen LogP contribution is 2.31. The van der Waals surface area contributed by atoms with Crippen LogP contribution in [0.5, 0.6) is 0 Å². The first-order valence-electron chi connectivity index (χ1n) is 7.03. The number of ether oxygens (including phenoxy) is 2. The number of hydrogen-bond donors (Lipinski definition) is 2. The maximum Gasteiger partial charge on any atom is 0.252 e. The lowest BCUT2D eigenvalue weighted by molar-refractivity contribution is -0.118. The standard InChI is InChI=1S/C15H21ClN2O3/c1-4-21-13-8-12(14(13)20-3)18-9-5-6-11(16)10(7-9)15(19)17-2/h5-7,12-14,18H,4,8H2,1-3H3,(H,17,19). The van der Waals surface area contributed by atoms with Gasteiger partial charge in [-0.15, -0.1) is 0 Å². The maximum atomic E-state index is 11.7. The van der Waals surface area contributed by atoms with Crippen molar-refractivity contribution in [3.05, 3.63) is 28.8 Å². The van der Waals surface area contributed by atoms with Crippen molar-refractivity contribution in [2.75, 3.05) is 26.1 Å². The Morgan fingerprint density at radius 3 is 2.86 bits per heavy atom. The number of nitrogens with one attached hydrogen (secondary N) is 2. The van der Waals surface area contributed by atoms with Gasteiger partial charge in [0.1, 0.15) is 6.10 Å². The predicted molar refractivity (Wildman–Crippen MR) is 83.1 cm³/mol. The van der Waals surface area contributed by atoms with Crippen molar-refractivity contribution in [3.63, 3.8) is 0 Å².